The number of hydrogen-bond acceptors (Lipinski definition) is 5. The molecule has 6 nitrogen and oxygen atoms in total. The monoisotopic (exact) mass is 1220 g/mol. The highest BCUT2D eigenvalue weighted by Crippen LogP contribution is 2.20. The van der Waals surface area contributed by atoms with Crippen LogP contribution in [-0.2, 0) is 14.3 Å². The first-order valence-corrected chi connectivity index (χ1v) is 39.7. The number of allylic oxidation sites excluding steroid dienone is 6. The van der Waals surface area contributed by atoms with Gasteiger partial charge in [-0.05, 0) is 83.5 Å². The minimum Gasteiger partial charge on any atom is -0.466 e. The van der Waals surface area contributed by atoms with E-state index in [1.165, 1.54) is 360 Å². The van der Waals surface area contributed by atoms with Gasteiger partial charge in [0.05, 0.1) is 25.4 Å². The van der Waals surface area contributed by atoms with Crippen LogP contribution in [0.1, 0.15) is 444 Å². The van der Waals surface area contributed by atoms with Crippen molar-refractivity contribution in [2.45, 2.75) is 456 Å². The number of esters is 1. The van der Waals surface area contributed by atoms with Gasteiger partial charge in [0.25, 0.3) is 0 Å². The Morgan fingerprint density at radius 1 is 0.322 bits per heavy atom. The quantitative estimate of drug-likeness (QED) is 0.0320. The molecule has 514 valence electrons. The molecule has 0 aliphatic carbocycles. The highest BCUT2D eigenvalue weighted by Gasteiger charge is 2.20. The zero-order valence-electron chi connectivity index (χ0n) is 59.0. The molecule has 0 saturated heterocycles. The Bertz CT molecular complexity index is 1410. The normalized spacial score (nSPS) is 12.6. The first-order chi connectivity index (χ1) is 43.0. The summed E-state index contributed by atoms with van der Waals surface area (Å²) in [6, 6.07) is -0.541. The van der Waals surface area contributed by atoms with Gasteiger partial charge in [-0.2, -0.15) is 0 Å². The first-order valence-electron chi connectivity index (χ1n) is 39.7. The molecule has 0 aliphatic rings. The van der Waals surface area contributed by atoms with E-state index in [4.69, 9.17) is 4.74 Å². The highest BCUT2D eigenvalue weighted by molar-refractivity contribution is 5.76. The van der Waals surface area contributed by atoms with Crippen molar-refractivity contribution in [3.63, 3.8) is 0 Å². The maximum absolute atomic E-state index is 12.6. The molecule has 0 spiro atoms. The van der Waals surface area contributed by atoms with Crippen LogP contribution in [0, 0.1) is 0 Å². The number of aliphatic hydroxyl groups is 2. The Kier molecular flexibility index (Phi) is 74.8. The summed E-state index contributed by atoms with van der Waals surface area (Å²) in [6.45, 7) is 4.99. The fourth-order valence-corrected chi connectivity index (χ4v) is 12.6. The predicted molar refractivity (Wildman–Crippen MR) is 384 cm³/mol. The van der Waals surface area contributed by atoms with E-state index in [1.54, 1.807) is 0 Å². The number of aliphatic hydroxyl groups excluding tert-OH is 2. The molecule has 3 N–H and O–H groups in total. The van der Waals surface area contributed by atoms with Crippen LogP contribution in [0.5, 0.6) is 0 Å². The zero-order valence-corrected chi connectivity index (χ0v) is 59.0. The Morgan fingerprint density at radius 3 is 0.885 bits per heavy atom. The summed E-state index contributed by atoms with van der Waals surface area (Å²) in [7, 11) is 0. The number of carbonyl (C=O) groups excluding carboxylic acids is 2. The van der Waals surface area contributed by atoms with E-state index in [0.29, 0.717) is 25.9 Å². The van der Waals surface area contributed by atoms with Gasteiger partial charge in [0.15, 0.2) is 0 Å². The van der Waals surface area contributed by atoms with E-state index in [9.17, 15) is 19.8 Å². The van der Waals surface area contributed by atoms with E-state index in [0.717, 1.165) is 51.4 Å². The van der Waals surface area contributed by atoms with Crippen LogP contribution in [0.25, 0.3) is 0 Å². The summed E-state index contributed by atoms with van der Waals surface area (Å²) in [5, 5.41) is 23.4. The van der Waals surface area contributed by atoms with Crippen molar-refractivity contribution in [3.05, 3.63) is 36.5 Å². The molecule has 6 heteroatoms. The van der Waals surface area contributed by atoms with Crippen LogP contribution in [0.2, 0.25) is 0 Å². The minimum atomic E-state index is -0.664. The van der Waals surface area contributed by atoms with Crippen LogP contribution >= 0.6 is 0 Å². The molecule has 0 aromatic carbocycles. The lowest BCUT2D eigenvalue weighted by Gasteiger charge is -2.22. The summed E-state index contributed by atoms with van der Waals surface area (Å²) in [6.07, 6.45) is 99.5. The van der Waals surface area contributed by atoms with Crippen LogP contribution in [0.3, 0.4) is 0 Å². The molecule has 0 saturated carbocycles. The Labute approximate surface area is 544 Å². The van der Waals surface area contributed by atoms with E-state index in [-0.39, 0.29) is 18.5 Å². The molecule has 2 atom stereocenters. The molecule has 0 heterocycles. The topological polar surface area (TPSA) is 95.9 Å². The average Bonchev–Trinajstić information content (AvgIpc) is 3.52. The minimum absolute atomic E-state index is 0.00953. The van der Waals surface area contributed by atoms with Crippen molar-refractivity contribution in [3.8, 4) is 0 Å². The van der Waals surface area contributed by atoms with E-state index in [2.05, 4.69) is 55.6 Å². The molecule has 0 aromatic rings. The average molecular weight is 1220 g/mol. The van der Waals surface area contributed by atoms with Gasteiger partial charge < -0.3 is 20.3 Å². The van der Waals surface area contributed by atoms with Gasteiger partial charge in [0, 0.05) is 12.8 Å². The van der Waals surface area contributed by atoms with Gasteiger partial charge in [-0.3, -0.25) is 9.59 Å². The number of carbonyl (C=O) groups is 2. The van der Waals surface area contributed by atoms with Crippen LogP contribution in [-0.4, -0.2) is 47.4 Å². The molecular weight excluding hydrogens is 1070 g/mol. The van der Waals surface area contributed by atoms with E-state index in [1.807, 2.05) is 0 Å². The third kappa shape index (κ3) is 73.0. The Morgan fingerprint density at radius 2 is 0.575 bits per heavy atom. The highest BCUT2D eigenvalue weighted by atomic mass is 16.5. The fraction of sp³-hybridized carbons (Fsp3) is 0.901. The number of amides is 1. The third-order valence-electron chi connectivity index (χ3n) is 18.7. The number of unbranched alkanes of at least 4 members (excludes halogenated alkanes) is 58. The van der Waals surface area contributed by atoms with Crippen LogP contribution < -0.4 is 5.32 Å². The number of hydrogen-bond donors (Lipinski definition) is 3. The Balaban J connectivity index is 3.37. The molecule has 0 bridgehead atoms. The Hall–Kier alpha value is -1.92. The van der Waals surface area contributed by atoms with Crippen molar-refractivity contribution < 1.29 is 24.5 Å². The summed E-state index contributed by atoms with van der Waals surface area (Å²) in [5.41, 5.74) is 0. The number of rotatable bonds is 75. The summed E-state index contributed by atoms with van der Waals surface area (Å²) in [5.74, 6) is -0.0184. The third-order valence-corrected chi connectivity index (χ3v) is 18.7. The molecular formula is C81H155NO5. The second-order valence-electron chi connectivity index (χ2n) is 27.4. The number of ether oxygens (including phenoxy) is 1. The predicted octanol–water partition coefficient (Wildman–Crippen LogP) is 26.2. The second-order valence-corrected chi connectivity index (χ2v) is 27.4. The standard InChI is InChI=1S/C81H155NO5/c1-3-5-7-9-11-13-15-17-19-20-21-39-42-46-49-53-57-61-65-69-73-79(84)78(77-83)82-80(85)74-70-66-62-58-54-50-47-43-40-37-35-33-31-29-27-25-23-22-24-26-28-30-32-34-36-38-41-44-48-52-56-60-64-68-72-76-87-81(86)75-71-67-63-59-55-51-45-18-16-14-12-10-8-6-4-2/h18,24,26,30,32,45,78-79,83-84H,3-17,19-23,25,27-29,31,33-44,46-77H2,1-2H3,(H,82,85)/b26-24-,32-30-,45-18-. The van der Waals surface area contributed by atoms with Crippen molar-refractivity contribution in [2.24, 2.45) is 0 Å². The lowest BCUT2D eigenvalue weighted by atomic mass is 10.0. The molecule has 0 aliphatic heterocycles. The van der Waals surface area contributed by atoms with Gasteiger partial charge in [-0.25, -0.2) is 0 Å². The fourth-order valence-electron chi connectivity index (χ4n) is 12.6. The molecule has 0 aromatic heterocycles. The molecule has 0 radical (unpaired) electrons. The summed E-state index contributed by atoms with van der Waals surface area (Å²) < 4.78 is 5.49. The van der Waals surface area contributed by atoms with Crippen LogP contribution in [0.15, 0.2) is 36.5 Å². The molecule has 1 amide bonds. The lowest BCUT2D eigenvalue weighted by molar-refractivity contribution is -0.143. The van der Waals surface area contributed by atoms with Gasteiger partial charge in [0.1, 0.15) is 0 Å². The van der Waals surface area contributed by atoms with E-state index >= 15 is 0 Å². The van der Waals surface area contributed by atoms with Gasteiger partial charge >= 0.3 is 5.97 Å². The molecule has 2 unspecified atom stereocenters. The molecule has 87 heavy (non-hydrogen) atoms. The van der Waals surface area contributed by atoms with Crippen molar-refractivity contribution in [2.75, 3.05) is 13.2 Å². The van der Waals surface area contributed by atoms with Crippen LogP contribution in [0.4, 0.5) is 0 Å². The second kappa shape index (κ2) is 76.5. The number of nitrogens with one attached hydrogen (secondary N) is 1. The van der Waals surface area contributed by atoms with Gasteiger partial charge in [-0.15, -0.1) is 0 Å². The largest absolute Gasteiger partial charge is 0.466 e. The van der Waals surface area contributed by atoms with Crippen molar-refractivity contribution in [1.29, 1.82) is 0 Å². The smallest absolute Gasteiger partial charge is 0.305 e. The lowest BCUT2D eigenvalue weighted by Crippen LogP contribution is -2.45. The van der Waals surface area contributed by atoms with E-state index < -0.39 is 12.1 Å². The molecule has 0 fully saturated rings. The van der Waals surface area contributed by atoms with Crippen molar-refractivity contribution >= 4 is 11.9 Å². The maximum atomic E-state index is 12.6. The SMILES string of the molecule is CCCCCCCC/C=C\CCCCCCCC(=O)OCCCCCCCCCCCCC/C=C\C/C=C\CCCCCCCCCCCCCCCCCCCC(=O)NC(CO)C(O)CCCCCCCCCCCCCCCCCCCCCC. The summed E-state index contributed by atoms with van der Waals surface area (Å²) >= 11 is 0. The van der Waals surface area contributed by atoms with Gasteiger partial charge in [0.2, 0.25) is 5.91 Å². The van der Waals surface area contributed by atoms with Gasteiger partial charge in [-0.1, -0.05) is 384 Å². The maximum Gasteiger partial charge on any atom is 0.305 e. The molecule has 0 rings (SSSR count). The first kappa shape index (κ1) is 85.1. The zero-order chi connectivity index (χ0) is 62.8. The summed E-state index contributed by atoms with van der Waals surface area (Å²) in [4.78, 5) is 24.6. The van der Waals surface area contributed by atoms with Crippen molar-refractivity contribution in [1.82, 2.24) is 5.32 Å².